The Morgan fingerprint density at radius 1 is 1.30 bits per heavy atom. The molecule has 20 heavy (non-hydrogen) atoms. The summed E-state index contributed by atoms with van der Waals surface area (Å²) in [7, 11) is 1.36. The molecule has 5 heteroatoms. The second-order valence-electron chi connectivity index (χ2n) is 4.09. The lowest BCUT2D eigenvalue weighted by Gasteiger charge is -2.18. The number of hydrogen-bond donors (Lipinski definition) is 0. The number of carbonyl (C=O) groups is 1. The molecule has 1 atom stereocenters. The van der Waals surface area contributed by atoms with Crippen LogP contribution in [0.5, 0.6) is 5.75 Å². The number of ether oxygens (including phenoxy) is 2. The van der Waals surface area contributed by atoms with Crippen LogP contribution in [0.2, 0.25) is 0 Å². The van der Waals surface area contributed by atoms with E-state index in [1.165, 1.54) is 7.11 Å². The monoisotopic (exact) mass is 310 g/mol. The van der Waals surface area contributed by atoms with Crippen LogP contribution in [-0.4, -0.2) is 19.0 Å². The fraction of sp³-hybridized carbons (Fsp3) is 0.267. The number of thiophene rings is 1. The topological polar surface area (TPSA) is 35.5 Å². The van der Waals surface area contributed by atoms with E-state index < -0.39 is 5.97 Å². The van der Waals surface area contributed by atoms with E-state index in [1.54, 1.807) is 29.5 Å². The Labute approximate surface area is 127 Å². The Bertz CT molecular complexity index is 554. The molecular weight excluding hydrogens is 296 g/mol. The number of para-hydroxylation sites is 1. The van der Waals surface area contributed by atoms with Crippen LogP contribution in [0.25, 0.3) is 0 Å². The predicted molar refractivity (Wildman–Crippen MR) is 80.8 cm³/mol. The molecule has 1 aromatic heterocycles. The van der Waals surface area contributed by atoms with Crippen LogP contribution in [0.15, 0.2) is 41.8 Å². The van der Waals surface area contributed by atoms with Gasteiger partial charge in [0.2, 0.25) is 0 Å². The summed E-state index contributed by atoms with van der Waals surface area (Å²) in [5.41, 5.74) is 0.422. The largest absolute Gasteiger partial charge is 0.484 e. The van der Waals surface area contributed by atoms with Gasteiger partial charge in [-0.3, -0.25) is 0 Å². The van der Waals surface area contributed by atoms with Crippen molar-refractivity contribution in [3.05, 3.63) is 52.2 Å². The summed E-state index contributed by atoms with van der Waals surface area (Å²) < 4.78 is 10.7. The first-order chi connectivity index (χ1) is 9.76. The molecule has 0 aliphatic rings. The van der Waals surface area contributed by atoms with E-state index in [2.05, 4.69) is 0 Å². The van der Waals surface area contributed by atoms with Crippen molar-refractivity contribution in [2.45, 2.75) is 12.5 Å². The molecule has 3 nitrogen and oxygen atoms in total. The van der Waals surface area contributed by atoms with Gasteiger partial charge in [-0.1, -0.05) is 18.2 Å². The van der Waals surface area contributed by atoms with Crippen molar-refractivity contribution in [1.82, 2.24) is 0 Å². The molecule has 0 spiro atoms. The number of alkyl halides is 1. The number of rotatable bonds is 6. The zero-order valence-electron chi connectivity index (χ0n) is 11.0. The Balaban J connectivity index is 2.25. The number of hydrogen-bond acceptors (Lipinski definition) is 4. The predicted octanol–water partition coefficient (Wildman–Crippen LogP) is 4.28. The summed E-state index contributed by atoms with van der Waals surface area (Å²) in [5, 5.41) is 1.99. The van der Waals surface area contributed by atoms with Gasteiger partial charge in [0.25, 0.3) is 0 Å². The molecule has 106 valence electrons. The maximum absolute atomic E-state index is 11.7. The molecule has 0 aliphatic carbocycles. The fourth-order valence-electron chi connectivity index (χ4n) is 1.83. The molecule has 0 radical (unpaired) electrons. The Kier molecular flexibility index (Phi) is 5.44. The van der Waals surface area contributed by atoms with Crippen LogP contribution in [0.3, 0.4) is 0 Å². The smallest absolute Gasteiger partial charge is 0.341 e. The summed E-state index contributed by atoms with van der Waals surface area (Å²) >= 11 is 7.45. The number of esters is 1. The zero-order valence-corrected chi connectivity index (χ0v) is 12.6. The molecule has 0 amide bonds. The van der Waals surface area contributed by atoms with Crippen molar-refractivity contribution in [1.29, 1.82) is 0 Å². The highest BCUT2D eigenvalue weighted by atomic mass is 35.5. The molecule has 1 heterocycles. The van der Waals surface area contributed by atoms with Crippen molar-refractivity contribution in [3.63, 3.8) is 0 Å². The van der Waals surface area contributed by atoms with Gasteiger partial charge in [-0.15, -0.1) is 22.9 Å². The highest BCUT2D eigenvalue weighted by Gasteiger charge is 2.18. The van der Waals surface area contributed by atoms with E-state index >= 15 is 0 Å². The van der Waals surface area contributed by atoms with Crippen molar-refractivity contribution in [3.8, 4) is 5.75 Å². The minimum atomic E-state index is -0.406. The van der Waals surface area contributed by atoms with E-state index in [1.807, 2.05) is 23.6 Å². The number of methoxy groups -OCH3 is 1. The van der Waals surface area contributed by atoms with E-state index in [0.717, 1.165) is 4.88 Å². The molecule has 0 fully saturated rings. The van der Waals surface area contributed by atoms with E-state index in [0.29, 0.717) is 23.6 Å². The lowest BCUT2D eigenvalue weighted by atomic mass is 10.2. The normalized spacial score (nSPS) is 11.9. The number of carbonyl (C=O) groups excluding carboxylic acids is 1. The first-order valence-electron chi connectivity index (χ1n) is 6.19. The molecule has 0 bridgehead atoms. The molecule has 1 aromatic carbocycles. The summed E-state index contributed by atoms with van der Waals surface area (Å²) in [4.78, 5) is 12.8. The molecule has 2 rings (SSSR count). The highest BCUT2D eigenvalue weighted by Crippen LogP contribution is 2.30. The van der Waals surface area contributed by atoms with E-state index in [4.69, 9.17) is 21.1 Å². The van der Waals surface area contributed by atoms with Crippen molar-refractivity contribution >= 4 is 28.9 Å². The van der Waals surface area contributed by atoms with Crippen LogP contribution >= 0.6 is 22.9 Å². The van der Waals surface area contributed by atoms with Gasteiger partial charge in [0.05, 0.1) is 7.11 Å². The van der Waals surface area contributed by atoms with Gasteiger partial charge in [0.1, 0.15) is 17.4 Å². The molecule has 2 aromatic rings. The van der Waals surface area contributed by atoms with Gasteiger partial charge in [0.15, 0.2) is 0 Å². The van der Waals surface area contributed by atoms with Crippen LogP contribution in [0.1, 0.15) is 27.8 Å². The van der Waals surface area contributed by atoms with Crippen LogP contribution in [-0.2, 0) is 4.74 Å². The SMILES string of the molecule is COC(=O)c1ccccc1OC(CCCl)c1cccs1. The summed E-state index contributed by atoms with van der Waals surface area (Å²) in [6, 6.07) is 11.0. The maximum atomic E-state index is 11.7. The van der Waals surface area contributed by atoms with E-state index in [-0.39, 0.29) is 6.10 Å². The molecule has 0 saturated carbocycles. The van der Waals surface area contributed by atoms with Crippen molar-refractivity contribution in [2.24, 2.45) is 0 Å². The average molecular weight is 311 g/mol. The van der Waals surface area contributed by atoms with Gasteiger partial charge >= 0.3 is 5.97 Å². The summed E-state index contributed by atoms with van der Waals surface area (Å²) in [5.74, 6) is 0.599. The maximum Gasteiger partial charge on any atom is 0.341 e. The van der Waals surface area contributed by atoms with Gasteiger partial charge in [-0.05, 0) is 23.6 Å². The van der Waals surface area contributed by atoms with Gasteiger partial charge in [-0.2, -0.15) is 0 Å². The van der Waals surface area contributed by atoms with Crippen LogP contribution in [0, 0.1) is 0 Å². The first kappa shape index (κ1) is 14.9. The average Bonchev–Trinajstić information content (AvgIpc) is 3.00. The molecule has 0 N–H and O–H groups in total. The molecule has 0 aliphatic heterocycles. The minimum Gasteiger partial charge on any atom is -0.484 e. The van der Waals surface area contributed by atoms with Crippen molar-refractivity contribution in [2.75, 3.05) is 13.0 Å². The number of benzene rings is 1. The quantitative estimate of drug-likeness (QED) is 0.590. The first-order valence-corrected chi connectivity index (χ1v) is 7.61. The van der Waals surface area contributed by atoms with Gasteiger partial charge < -0.3 is 9.47 Å². The zero-order chi connectivity index (χ0) is 14.4. The van der Waals surface area contributed by atoms with Crippen LogP contribution in [0.4, 0.5) is 0 Å². The third kappa shape index (κ3) is 3.52. The molecule has 1 unspecified atom stereocenters. The third-order valence-electron chi connectivity index (χ3n) is 2.79. The van der Waals surface area contributed by atoms with E-state index in [9.17, 15) is 4.79 Å². The van der Waals surface area contributed by atoms with Crippen LogP contribution < -0.4 is 4.74 Å². The standard InChI is InChI=1S/C15H15ClO3S/c1-18-15(17)11-5-2-3-6-12(11)19-13(8-9-16)14-7-4-10-20-14/h2-7,10,13H,8-9H2,1H3. The molecular formula is C15H15ClO3S. The second kappa shape index (κ2) is 7.31. The van der Waals surface area contributed by atoms with Gasteiger partial charge in [0, 0.05) is 17.2 Å². The minimum absolute atomic E-state index is 0.154. The lowest BCUT2D eigenvalue weighted by molar-refractivity contribution is 0.0593. The Morgan fingerprint density at radius 2 is 2.10 bits per heavy atom. The summed E-state index contributed by atoms with van der Waals surface area (Å²) in [6.07, 6.45) is 0.524. The lowest BCUT2D eigenvalue weighted by Crippen LogP contribution is -2.11. The van der Waals surface area contributed by atoms with Crippen molar-refractivity contribution < 1.29 is 14.3 Å². The Morgan fingerprint density at radius 3 is 2.75 bits per heavy atom. The Hall–Kier alpha value is -1.52. The third-order valence-corrected chi connectivity index (χ3v) is 3.98. The summed E-state index contributed by atoms with van der Waals surface area (Å²) in [6.45, 7) is 0. The fourth-order valence-corrected chi connectivity index (χ4v) is 2.82. The number of halogens is 1. The molecule has 0 saturated heterocycles. The highest BCUT2D eigenvalue weighted by molar-refractivity contribution is 7.10. The second-order valence-corrected chi connectivity index (χ2v) is 5.44. The van der Waals surface area contributed by atoms with Gasteiger partial charge in [-0.25, -0.2) is 4.79 Å².